The maximum absolute atomic E-state index is 10.7. The van der Waals surface area contributed by atoms with E-state index in [9.17, 15) is 4.79 Å². The molecule has 2 rings (SSSR count). The highest BCUT2D eigenvalue weighted by Gasteiger charge is 2.22. The van der Waals surface area contributed by atoms with Crippen molar-refractivity contribution in [3.05, 3.63) is 35.4 Å². The summed E-state index contributed by atoms with van der Waals surface area (Å²) < 4.78 is 10.6. The number of likely N-dealkylation sites (tertiary alicyclic amines) is 1. The fourth-order valence-electron chi connectivity index (χ4n) is 2.54. The normalized spacial score (nSPS) is 19.2. The summed E-state index contributed by atoms with van der Waals surface area (Å²) in [5.74, 6) is -0.169. The quantitative estimate of drug-likeness (QED) is 0.813. The van der Waals surface area contributed by atoms with Crippen molar-refractivity contribution in [1.29, 1.82) is 0 Å². The van der Waals surface area contributed by atoms with E-state index < -0.39 is 5.97 Å². The molecule has 1 N–H and O–H groups in total. The lowest BCUT2D eigenvalue weighted by atomic mass is 10.1. The molecule has 1 aliphatic heterocycles. The van der Waals surface area contributed by atoms with Crippen LogP contribution < -0.4 is 4.74 Å². The van der Waals surface area contributed by atoms with Crippen molar-refractivity contribution < 1.29 is 19.4 Å². The highest BCUT2D eigenvalue weighted by molar-refractivity contribution is 5.85. The lowest BCUT2D eigenvalue weighted by Crippen LogP contribution is -2.22. The highest BCUT2D eigenvalue weighted by Crippen LogP contribution is 2.23. The molecule has 0 saturated carbocycles. The molecule has 0 spiro atoms. The van der Waals surface area contributed by atoms with Gasteiger partial charge in [-0.2, -0.15) is 0 Å². The van der Waals surface area contributed by atoms with Crippen molar-refractivity contribution >= 4 is 12.0 Å². The number of carboxylic acid groups (broad SMARTS) is 1. The van der Waals surface area contributed by atoms with E-state index in [1.807, 2.05) is 18.2 Å². The number of hydrogen-bond acceptors (Lipinski definition) is 4. The van der Waals surface area contributed by atoms with E-state index in [1.165, 1.54) is 0 Å². The molecule has 114 valence electrons. The number of aliphatic carboxylic acids is 1. The van der Waals surface area contributed by atoms with E-state index in [-0.39, 0.29) is 6.10 Å². The zero-order chi connectivity index (χ0) is 15.2. The van der Waals surface area contributed by atoms with Gasteiger partial charge in [-0.15, -0.1) is 0 Å². The molecule has 1 saturated heterocycles. The summed E-state index contributed by atoms with van der Waals surface area (Å²) in [6.45, 7) is 2.64. The van der Waals surface area contributed by atoms with Gasteiger partial charge in [0.25, 0.3) is 0 Å². The van der Waals surface area contributed by atoms with Crippen LogP contribution in [0.25, 0.3) is 6.08 Å². The third-order valence-electron chi connectivity index (χ3n) is 3.71. The van der Waals surface area contributed by atoms with Crippen molar-refractivity contribution in [2.24, 2.45) is 0 Å². The Hall–Kier alpha value is -1.85. The maximum atomic E-state index is 10.7. The summed E-state index contributed by atoms with van der Waals surface area (Å²) in [7, 11) is 3.36. The maximum Gasteiger partial charge on any atom is 0.328 e. The van der Waals surface area contributed by atoms with Crippen LogP contribution in [0.5, 0.6) is 5.75 Å². The topological polar surface area (TPSA) is 59.0 Å². The van der Waals surface area contributed by atoms with E-state index in [4.69, 9.17) is 14.6 Å². The predicted octanol–water partition coefficient (Wildman–Crippen LogP) is 2.01. The van der Waals surface area contributed by atoms with Gasteiger partial charge in [-0.3, -0.25) is 4.90 Å². The number of carbonyl (C=O) groups is 1. The standard InChI is InChI=1S/C16H21NO4/c1-20-14-5-3-12(4-6-16(18)19)13(9-14)10-17-8-7-15(11-17)21-2/h3-6,9,15H,7-8,10-11H2,1-2H3,(H,18,19)/b6-4+. The molecule has 0 amide bonds. The van der Waals surface area contributed by atoms with Crippen LogP contribution in [0.2, 0.25) is 0 Å². The molecular formula is C16H21NO4. The van der Waals surface area contributed by atoms with E-state index >= 15 is 0 Å². The summed E-state index contributed by atoms with van der Waals surface area (Å²) in [6, 6.07) is 5.69. The molecule has 1 aliphatic rings. The summed E-state index contributed by atoms with van der Waals surface area (Å²) in [6.07, 6.45) is 4.10. The van der Waals surface area contributed by atoms with E-state index in [0.29, 0.717) is 0 Å². The monoisotopic (exact) mass is 291 g/mol. The number of ether oxygens (including phenoxy) is 2. The Morgan fingerprint density at radius 1 is 1.48 bits per heavy atom. The first-order valence-electron chi connectivity index (χ1n) is 6.95. The summed E-state index contributed by atoms with van der Waals surface area (Å²) in [5, 5.41) is 8.78. The minimum Gasteiger partial charge on any atom is -0.497 e. The molecule has 1 aromatic carbocycles. The molecule has 5 nitrogen and oxygen atoms in total. The van der Waals surface area contributed by atoms with Crippen LogP contribution in [0.3, 0.4) is 0 Å². The molecule has 1 fully saturated rings. The zero-order valence-electron chi connectivity index (χ0n) is 12.4. The first kappa shape index (κ1) is 15.5. The van der Waals surface area contributed by atoms with Crippen LogP contribution in [0.15, 0.2) is 24.3 Å². The van der Waals surface area contributed by atoms with E-state index in [0.717, 1.165) is 49.0 Å². The third-order valence-corrected chi connectivity index (χ3v) is 3.71. The smallest absolute Gasteiger partial charge is 0.328 e. The molecule has 0 radical (unpaired) electrons. The molecule has 1 aromatic rings. The molecule has 1 atom stereocenters. The van der Waals surface area contributed by atoms with Gasteiger partial charge in [-0.05, 0) is 35.8 Å². The molecule has 0 aromatic heterocycles. The molecule has 5 heteroatoms. The highest BCUT2D eigenvalue weighted by atomic mass is 16.5. The Balaban J connectivity index is 2.17. The number of rotatable bonds is 6. The number of carboxylic acids is 1. The van der Waals surface area contributed by atoms with Gasteiger partial charge in [0.15, 0.2) is 0 Å². The lowest BCUT2D eigenvalue weighted by Gasteiger charge is -2.18. The molecule has 1 heterocycles. The minimum absolute atomic E-state index is 0.286. The second kappa shape index (κ2) is 7.24. The van der Waals surface area contributed by atoms with Gasteiger partial charge in [-0.25, -0.2) is 4.79 Å². The Bertz CT molecular complexity index is 527. The van der Waals surface area contributed by atoms with Crippen LogP contribution >= 0.6 is 0 Å². The number of benzene rings is 1. The Morgan fingerprint density at radius 3 is 2.90 bits per heavy atom. The van der Waals surface area contributed by atoms with Crippen LogP contribution in [0.4, 0.5) is 0 Å². The van der Waals surface area contributed by atoms with Gasteiger partial charge in [0.2, 0.25) is 0 Å². The van der Waals surface area contributed by atoms with Crippen LogP contribution in [0.1, 0.15) is 17.5 Å². The van der Waals surface area contributed by atoms with Gasteiger partial charge in [0, 0.05) is 32.8 Å². The largest absolute Gasteiger partial charge is 0.497 e. The van der Waals surface area contributed by atoms with Gasteiger partial charge in [-0.1, -0.05) is 6.07 Å². The van der Waals surface area contributed by atoms with Gasteiger partial charge >= 0.3 is 5.97 Å². The minimum atomic E-state index is -0.947. The number of hydrogen-bond donors (Lipinski definition) is 1. The lowest BCUT2D eigenvalue weighted by molar-refractivity contribution is -0.131. The molecular weight excluding hydrogens is 270 g/mol. The van der Waals surface area contributed by atoms with Crippen LogP contribution in [-0.2, 0) is 16.1 Å². The SMILES string of the molecule is COc1ccc(/C=C/C(=O)O)c(CN2CCC(OC)C2)c1. The van der Waals surface area contributed by atoms with E-state index in [1.54, 1.807) is 20.3 Å². The third kappa shape index (κ3) is 4.31. The second-order valence-corrected chi connectivity index (χ2v) is 5.12. The fraction of sp³-hybridized carbons (Fsp3) is 0.438. The first-order valence-corrected chi connectivity index (χ1v) is 6.95. The average molecular weight is 291 g/mol. The predicted molar refractivity (Wildman–Crippen MR) is 80.4 cm³/mol. The average Bonchev–Trinajstić information content (AvgIpc) is 2.93. The van der Waals surface area contributed by atoms with Crippen molar-refractivity contribution in [2.45, 2.75) is 19.1 Å². The Kier molecular flexibility index (Phi) is 5.36. The second-order valence-electron chi connectivity index (χ2n) is 5.12. The summed E-state index contributed by atoms with van der Waals surface area (Å²) in [5.41, 5.74) is 1.96. The van der Waals surface area contributed by atoms with Crippen molar-refractivity contribution in [1.82, 2.24) is 4.90 Å². The van der Waals surface area contributed by atoms with Crippen LogP contribution in [-0.4, -0.2) is 49.4 Å². The first-order chi connectivity index (χ1) is 10.1. The molecule has 1 unspecified atom stereocenters. The van der Waals surface area contributed by atoms with Gasteiger partial charge < -0.3 is 14.6 Å². The number of nitrogens with zero attached hydrogens (tertiary/aromatic N) is 1. The fourth-order valence-corrected chi connectivity index (χ4v) is 2.54. The molecule has 0 bridgehead atoms. The van der Waals surface area contributed by atoms with Crippen LogP contribution in [0, 0.1) is 0 Å². The number of methoxy groups -OCH3 is 2. The van der Waals surface area contributed by atoms with Crippen molar-refractivity contribution in [2.75, 3.05) is 27.3 Å². The Labute approximate surface area is 124 Å². The summed E-state index contributed by atoms with van der Waals surface area (Å²) in [4.78, 5) is 13.0. The van der Waals surface area contributed by atoms with Gasteiger partial charge in [0.05, 0.1) is 13.2 Å². The molecule has 0 aliphatic carbocycles. The van der Waals surface area contributed by atoms with Gasteiger partial charge in [0.1, 0.15) is 5.75 Å². The van der Waals surface area contributed by atoms with Crippen molar-refractivity contribution in [3.63, 3.8) is 0 Å². The van der Waals surface area contributed by atoms with Crippen molar-refractivity contribution in [3.8, 4) is 5.75 Å². The van der Waals surface area contributed by atoms with E-state index in [2.05, 4.69) is 4.90 Å². The zero-order valence-corrected chi connectivity index (χ0v) is 12.4. The molecule has 21 heavy (non-hydrogen) atoms. The Morgan fingerprint density at radius 2 is 2.29 bits per heavy atom. The summed E-state index contributed by atoms with van der Waals surface area (Å²) >= 11 is 0.